The Hall–Kier alpha value is -3.04. The van der Waals surface area contributed by atoms with E-state index in [1.54, 1.807) is 18.2 Å². The number of benzene rings is 2. The van der Waals surface area contributed by atoms with E-state index >= 15 is 0 Å². The zero-order valence-electron chi connectivity index (χ0n) is 14.9. The first-order valence-electron chi connectivity index (χ1n) is 9.11. The highest BCUT2D eigenvalue weighted by Gasteiger charge is 2.20. The molecule has 1 saturated carbocycles. The van der Waals surface area contributed by atoms with E-state index in [1.165, 1.54) is 43.2 Å². The van der Waals surface area contributed by atoms with Gasteiger partial charge in [0.25, 0.3) is 0 Å². The van der Waals surface area contributed by atoms with E-state index in [0.717, 1.165) is 12.2 Å². The number of nitrogens with zero attached hydrogens (tertiary/aromatic N) is 2. The van der Waals surface area contributed by atoms with Crippen molar-refractivity contribution in [1.29, 1.82) is 10.5 Å². The smallest absolute Gasteiger partial charge is 0.130 e. The first kappa shape index (κ1) is 17.8. The van der Waals surface area contributed by atoms with Crippen molar-refractivity contribution in [1.82, 2.24) is 0 Å². The van der Waals surface area contributed by atoms with Crippen LogP contribution in [0, 0.1) is 22.7 Å². The molecular weight excluding hydrogens is 320 g/mol. The fourth-order valence-electron chi connectivity index (χ4n) is 3.62. The van der Waals surface area contributed by atoms with Gasteiger partial charge in [-0.3, -0.25) is 0 Å². The molecule has 0 radical (unpaired) electrons. The predicted octanol–water partition coefficient (Wildman–Crippen LogP) is 6.00. The second-order valence-electron chi connectivity index (χ2n) is 6.73. The minimum Gasteiger partial charge on any atom is -0.457 e. The van der Waals surface area contributed by atoms with Crippen LogP contribution >= 0.6 is 0 Å². The van der Waals surface area contributed by atoms with Crippen molar-refractivity contribution in [3.05, 3.63) is 71.3 Å². The van der Waals surface area contributed by atoms with Gasteiger partial charge in [0.2, 0.25) is 0 Å². The van der Waals surface area contributed by atoms with Gasteiger partial charge < -0.3 is 4.74 Å². The van der Waals surface area contributed by atoms with Crippen LogP contribution in [0.2, 0.25) is 0 Å². The maximum Gasteiger partial charge on any atom is 0.130 e. The van der Waals surface area contributed by atoms with Gasteiger partial charge in [0.1, 0.15) is 23.6 Å². The minimum atomic E-state index is 0.340. The van der Waals surface area contributed by atoms with E-state index in [1.807, 2.05) is 18.2 Å². The van der Waals surface area contributed by atoms with Gasteiger partial charge in [0.15, 0.2) is 0 Å². The molecule has 3 rings (SSSR count). The molecule has 1 aliphatic carbocycles. The highest BCUT2D eigenvalue weighted by molar-refractivity contribution is 5.51. The van der Waals surface area contributed by atoms with E-state index in [9.17, 15) is 5.26 Å². The van der Waals surface area contributed by atoms with Crippen LogP contribution in [0.25, 0.3) is 0 Å². The summed E-state index contributed by atoms with van der Waals surface area (Å²) in [5.41, 5.74) is 3.19. The summed E-state index contributed by atoms with van der Waals surface area (Å²) >= 11 is 0. The summed E-state index contributed by atoms with van der Waals surface area (Å²) < 4.78 is 6.15. The Balaban J connectivity index is 1.95. The van der Waals surface area contributed by atoms with Crippen LogP contribution in [0.4, 0.5) is 0 Å². The van der Waals surface area contributed by atoms with Crippen molar-refractivity contribution in [2.75, 3.05) is 0 Å². The molecule has 0 saturated heterocycles. The van der Waals surface area contributed by atoms with Crippen molar-refractivity contribution in [2.24, 2.45) is 0 Å². The van der Waals surface area contributed by atoms with E-state index in [2.05, 4.69) is 24.8 Å². The Morgan fingerprint density at radius 1 is 1.00 bits per heavy atom. The molecule has 3 heteroatoms. The average molecular weight is 342 g/mol. The molecule has 0 aromatic heterocycles. The molecule has 130 valence electrons. The van der Waals surface area contributed by atoms with Gasteiger partial charge in [-0.2, -0.15) is 10.5 Å². The molecule has 0 heterocycles. The lowest BCUT2D eigenvalue weighted by Gasteiger charge is -2.25. The molecule has 0 amide bonds. The van der Waals surface area contributed by atoms with E-state index in [-0.39, 0.29) is 0 Å². The van der Waals surface area contributed by atoms with Crippen LogP contribution in [0.3, 0.4) is 0 Å². The van der Waals surface area contributed by atoms with Crippen LogP contribution in [0.15, 0.2) is 49.1 Å². The predicted molar refractivity (Wildman–Crippen MR) is 102 cm³/mol. The largest absolute Gasteiger partial charge is 0.457 e. The van der Waals surface area contributed by atoms with Crippen molar-refractivity contribution in [3.8, 4) is 23.6 Å². The number of allylic oxidation sites excluding steroid dienone is 1. The van der Waals surface area contributed by atoms with Gasteiger partial charge in [-0.15, -0.1) is 6.58 Å². The normalized spacial score (nSPS) is 14.2. The second kappa shape index (κ2) is 8.37. The molecule has 0 aliphatic heterocycles. The van der Waals surface area contributed by atoms with Crippen molar-refractivity contribution >= 4 is 0 Å². The summed E-state index contributed by atoms with van der Waals surface area (Å²) in [4.78, 5) is 0. The third-order valence-electron chi connectivity index (χ3n) is 4.96. The maximum atomic E-state index is 9.23. The Kier molecular flexibility index (Phi) is 5.72. The van der Waals surface area contributed by atoms with E-state index in [0.29, 0.717) is 22.8 Å². The van der Waals surface area contributed by atoms with Gasteiger partial charge in [-0.25, -0.2) is 0 Å². The van der Waals surface area contributed by atoms with Gasteiger partial charge in [0.05, 0.1) is 11.1 Å². The number of nitriles is 2. The third-order valence-corrected chi connectivity index (χ3v) is 4.96. The molecule has 26 heavy (non-hydrogen) atoms. The molecular formula is C23H22N2O. The molecule has 0 atom stereocenters. The van der Waals surface area contributed by atoms with Crippen LogP contribution in [-0.2, 0) is 6.42 Å². The summed E-state index contributed by atoms with van der Waals surface area (Å²) in [6, 6.07) is 15.5. The summed E-state index contributed by atoms with van der Waals surface area (Å²) in [5, 5.41) is 18.3. The fraction of sp³-hybridized carbons (Fsp3) is 0.304. The van der Waals surface area contributed by atoms with Crippen LogP contribution in [0.1, 0.15) is 60.3 Å². The minimum absolute atomic E-state index is 0.340. The first-order chi connectivity index (χ1) is 12.7. The van der Waals surface area contributed by atoms with E-state index < -0.39 is 0 Å². The average Bonchev–Trinajstić information content (AvgIpc) is 2.70. The number of hydrogen-bond acceptors (Lipinski definition) is 3. The fourth-order valence-corrected chi connectivity index (χ4v) is 3.62. The van der Waals surface area contributed by atoms with E-state index in [4.69, 9.17) is 10.00 Å². The Morgan fingerprint density at radius 2 is 1.77 bits per heavy atom. The second-order valence-corrected chi connectivity index (χ2v) is 6.73. The zero-order valence-corrected chi connectivity index (χ0v) is 14.9. The van der Waals surface area contributed by atoms with Gasteiger partial charge >= 0.3 is 0 Å². The van der Waals surface area contributed by atoms with Gasteiger partial charge in [-0.05, 0) is 60.6 Å². The Labute approximate surface area is 155 Å². The lowest BCUT2D eigenvalue weighted by atomic mass is 9.83. The SMILES string of the molecule is C=CCc1ccc(Oc2ccc(C#N)c(C#N)c2)c(C2CCCCC2)c1. The molecule has 2 aromatic rings. The molecule has 0 spiro atoms. The zero-order chi connectivity index (χ0) is 18.4. The maximum absolute atomic E-state index is 9.23. The monoisotopic (exact) mass is 342 g/mol. The highest BCUT2D eigenvalue weighted by atomic mass is 16.5. The van der Waals surface area contributed by atoms with Crippen LogP contribution in [-0.4, -0.2) is 0 Å². The molecule has 0 bridgehead atoms. The lowest BCUT2D eigenvalue weighted by molar-refractivity contribution is 0.418. The summed E-state index contributed by atoms with van der Waals surface area (Å²) in [5.74, 6) is 1.95. The van der Waals surface area contributed by atoms with Crippen molar-refractivity contribution in [3.63, 3.8) is 0 Å². The third kappa shape index (κ3) is 3.95. The highest BCUT2D eigenvalue weighted by Crippen LogP contribution is 2.39. The standard InChI is InChI=1S/C23H22N2O/c1-2-6-17-9-12-23(22(13-17)18-7-4-3-5-8-18)26-21-11-10-19(15-24)20(14-21)16-25/h2,9-14,18H,1,3-8H2. The quantitative estimate of drug-likeness (QED) is 0.626. The molecule has 0 N–H and O–H groups in total. The Morgan fingerprint density at radius 3 is 2.46 bits per heavy atom. The summed E-state index contributed by atoms with van der Waals surface area (Å²) in [6.45, 7) is 3.84. The summed E-state index contributed by atoms with van der Waals surface area (Å²) in [6.07, 6.45) is 8.95. The summed E-state index contributed by atoms with van der Waals surface area (Å²) in [7, 11) is 0. The van der Waals surface area contributed by atoms with Crippen LogP contribution in [0.5, 0.6) is 11.5 Å². The lowest BCUT2D eigenvalue weighted by Crippen LogP contribution is -2.07. The van der Waals surface area contributed by atoms with Gasteiger partial charge in [0, 0.05) is 0 Å². The van der Waals surface area contributed by atoms with Crippen LogP contribution < -0.4 is 4.74 Å². The molecule has 1 fully saturated rings. The number of hydrogen-bond donors (Lipinski definition) is 0. The van der Waals surface area contributed by atoms with Crippen molar-refractivity contribution < 1.29 is 4.74 Å². The first-order valence-corrected chi connectivity index (χ1v) is 9.11. The topological polar surface area (TPSA) is 56.8 Å². The molecule has 1 aliphatic rings. The molecule has 0 unspecified atom stereocenters. The van der Waals surface area contributed by atoms with Gasteiger partial charge in [-0.1, -0.05) is 37.5 Å². The molecule has 3 nitrogen and oxygen atoms in total. The molecule has 2 aromatic carbocycles. The number of ether oxygens (including phenoxy) is 1. The number of rotatable bonds is 5. The Bertz CT molecular complexity index is 880. The van der Waals surface area contributed by atoms with Crippen molar-refractivity contribution in [2.45, 2.75) is 44.4 Å².